The quantitative estimate of drug-likeness (QED) is 0.226. The first-order valence-electron chi connectivity index (χ1n) is 10.9. The number of carboxylic acid groups (broad SMARTS) is 1. The fourth-order valence-corrected chi connectivity index (χ4v) is 2.61. The van der Waals surface area contributed by atoms with E-state index >= 15 is 0 Å². The predicted molar refractivity (Wildman–Crippen MR) is 114 cm³/mol. The first kappa shape index (κ1) is 29.1. The number of carbonyl (C=O) groups excluding carboxylic acids is 2. The van der Waals surface area contributed by atoms with E-state index in [9.17, 15) is 14.7 Å². The lowest BCUT2D eigenvalue weighted by Gasteiger charge is -2.23. The zero-order chi connectivity index (χ0) is 21.8. The molecule has 6 heteroatoms. The number of hydrogen-bond donors (Lipinski definition) is 0. The summed E-state index contributed by atoms with van der Waals surface area (Å²) in [6, 6.07) is 0. The molecule has 0 rings (SSSR count). The zero-order valence-corrected chi connectivity index (χ0v) is 19.4. The van der Waals surface area contributed by atoms with Crippen molar-refractivity contribution < 1.29 is 23.9 Å². The van der Waals surface area contributed by atoms with Gasteiger partial charge in [0.15, 0.2) is 0 Å². The van der Waals surface area contributed by atoms with Gasteiger partial charge in [-0.15, -0.1) is 0 Å². The molecule has 6 nitrogen and oxygen atoms in total. The number of esters is 1. The van der Waals surface area contributed by atoms with Crippen molar-refractivity contribution in [2.45, 2.75) is 77.6 Å². The lowest BCUT2D eigenvalue weighted by Crippen LogP contribution is -2.45. The van der Waals surface area contributed by atoms with E-state index in [-0.39, 0.29) is 12.5 Å². The summed E-state index contributed by atoms with van der Waals surface area (Å²) in [5.74, 6) is -1.02. The second-order valence-electron chi connectivity index (χ2n) is 8.78. The largest absolute Gasteiger partial charge is 0.544 e. The third-order valence-electron chi connectivity index (χ3n) is 4.10. The Morgan fingerprint density at radius 3 is 1.75 bits per heavy atom. The molecule has 0 fully saturated rings. The molecule has 0 aromatic heterocycles. The molecule has 0 saturated heterocycles. The standard InChI is InChI=1S/C17H35NO2.C5H11NO2/c1-4-5-6-7-8-9-10-11-12-14-17(19)20-16-13-15-18(2)3;1-6(2,3)4-5(7)8/h4-16H2,1-3H3;4H2,1-3H3. The van der Waals surface area contributed by atoms with Gasteiger partial charge in [0.1, 0.15) is 6.54 Å². The minimum atomic E-state index is -1.00. The van der Waals surface area contributed by atoms with Crippen molar-refractivity contribution in [2.75, 3.05) is 54.9 Å². The van der Waals surface area contributed by atoms with Gasteiger partial charge in [-0.2, -0.15) is 0 Å². The van der Waals surface area contributed by atoms with Crippen molar-refractivity contribution in [2.24, 2.45) is 0 Å². The van der Waals surface area contributed by atoms with Gasteiger partial charge < -0.3 is 24.0 Å². The number of carboxylic acids is 1. The van der Waals surface area contributed by atoms with E-state index in [2.05, 4.69) is 11.8 Å². The molecule has 0 aliphatic rings. The molecule has 0 saturated carbocycles. The summed E-state index contributed by atoms with van der Waals surface area (Å²) in [4.78, 5) is 23.5. The van der Waals surface area contributed by atoms with Crippen LogP contribution in [0, 0.1) is 0 Å². The topological polar surface area (TPSA) is 69.7 Å². The Labute approximate surface area is 173 Å². The molecule has 28 heavy (non-hydrogen) atoms. The first-order chi connectivity index (χ1) is 13.1. The molecule has 0 aliphatic carbocycles. The first-order valence-corrected chi connectivity index (χ1v) is 10.9. The van der Waals surface area contributed by atoms with Crippen molar-refractivity contribution in [1.82, 2.24) is 4.90 Å². The summed E-state index contributed by atoms with van der Waals surface area (Å²) >= 11 is 0. The summed E-state index contributed by atoms with van der Waals surface area (Å²) in [5.41, 5.74) is 0. The molecule has 0 aromatic rings. The monoisotopic (exact) mass is 402 g/mol. The second kappa shape index (κ2) is 19.2. The Kier molecular flexibility index (Phi) is 19.9. The van der Waals surface area contributed by atoms with Crippen LogP contribution >= 0.6 is 0 Å². The number of likely N-dealkylation sites (N-methyl/N-ethyl adjacent to an activating group) is 1. The van der Waals surface area contributed by atoms with Crippen LogP contribution in [0.3, 0.4) is 0 Å². The number of rotatable bonds is 16. The maximum absolute atomic E-state index is 11.5. The molecule has 168 valence electrons. The number of ether oxygens (including phenoxy) is 1. The Balaban J connectivity index is 0. The number of nitrogens with zero attached hydrogens (tertiary/aromatic N) is 2. The lowest BCUT2D eigenvalue weighted by molar-refractivity contribution is -0.864. The molecule has 0 radical (unpaired) electrons. The highest BCUT2D eigenvalue weighted by atomic mass is 16.5. The summed E-state index contributed by atoms with van der Waals surface area (Å²) < 4.78 is 5.62. The highest BCUT2D eigenvalue weighted by Crippen LogP contribution is 2.10. The SMILES string of the molecule is CCCCCCCCCCCC(=O)OCCCN(C)C.C[N+](C)(C)CC(=O)[O-]. The Bertz CT molecular complexity index is 379. The minimum Gasteiger partial charge on any atom is -0.544 e. The van der Waals surface area contributed by atoms with Gasteiger partial charge in [-0.1, -0.05) is 58.3 Å². The normalized spacial score (nSPS) is 11.1. The van der Waals surface area contributed by atoms with Crippen LogP contribution in [0.25, 0.3) is 0 Å². The Morgan fingerprint density at radius 1 is 0.857 bits per heavy atom. The van der Waals surface area contributed by atoms with Crippen molar-refractivity contribution in [3.8, 4) is 0 Å². The molecular formula is C22H46N2O4. The molecular weight excluding hydrogens is 356 g/mol. The molecule has 0 aliphatic heterocycles. The third kappa shape index (κ3) is 29.6. The fourth-order valence-electron chi connectivity index (χ4n) is 2.61. The average molecular weight is 403 g/mol. The van der Waals surface area contributed by atoms with Crippen molar-refractivity contribution in [3.05, 3.63) is 0 Å². The van der Waals surface area contributed by atoms with E-state index in [1.165, 1.54) is 51.4 Å². The summed E-state index contributed by atoms with van der Waals surface area (Å²) in [7, 11) is 9.47. The molecule has 0 amide bonds. The van der Waals surface area contributed by atoms with Gasteiger partial charge >= 0.3 is 5.97 Å². The van der Waals surface area contributed by atoms with E-state index in [1.54, 1.807) is 21.1 Å². The molecule has 0 unspecified atom stereocenters. The number of quaternary nitrogens is 1. The minimum absolute atomic E-state index is 0.0216. The van der Waals surface area contributed by atoms with Crippen molar-refractivity contribution in [3.63, 3.8) is 0 Å². The van der Waals surface area contributed by atoms with E-state index in [0.29, 0.717) is 17.5 Å². The highest BCUT2D eigenvalue weighted by molar-refractivity contribution is 5.69. The maximum atomic E-state index is 11.5. The van der Waals surface area contributed by atoms with Crippen LogP contribution < -0.4 is 5.11 Å². The van der Waals surface area contributed by atoms with Crippen LogP contribution in [0.5, 0.6) is 0 Å². The lowest BCUT2D eigenvalue weighted by atomic mass is 10.1. The van der Waals surface area contributed by atoms with Crippen LogP contribution in [-0.4, -0.2) is 76.3 Å². The van der Waals surface area contributed by atoms with Gasteiger partial charge in [0.2, 0.25) is 0 Å². The van der Waals surface area contributed by atoms with Crippen LogP contribution in [0.2, 0.25) is 0 Å². The van der Waals surface area contributed by atoms with E-state index in [0.717, 1.165) is 19.4 Å². The third-order valence-corrected chi connectivity index (χ3v) is 4.10. The van der Waals surface area contributed by atoms with Gasteiger partial charge in [-0.3, -0.25) is 4.79 Å². The average Bonchev–Trinajstić information content (AvgIpc) is 2.55. The van der Waals surface area contributed by atoms with Gasteiger partial charge in [0.05, 0.1) is 33.7 Å². The number of hydrogen-bond acceptors (Lipinski definition) is 5. The van der Waals surface area contributed by atoms with Gasteiger partial charge in [-0.25, -0.2) is 0 Å². The molecule has 0 bridgehead atoms. The summed E-state index contributed by atoms with van der Waals surface area (Å²) in [6.07, 6.45) is 13.1. The molecule has 0 N–H and O–H groups in total. The number of carbonyl (C=O) groups is 2. The zero-order valence-electron chi connectivity index (χ0n) is 19.4. The number of aliphatic carboxylic acids is 1. The molecule has 0 spiro atoms. The van der Waals surface area contributed by atoms with Crippen LogP contribution in [0.4, 0.5) is 0 Å². The predicted octanol–water partition coefficient (Wildman–Crippen LogP) is 2.84. The van der Waals surface area contributed by atoms with Gasteiger partial charge in [-0.05, 0) is 26.9 Å². The molecule has 0 aromatic carbocycles. The van der Waals surface area contributed by atoms with Crippen LogP contribution in [0.15, 0.2) is 0 Å². The van der Waals surface area contributed by atoms with E-state index in [4.69, 9.17) is 4.74 Å². The maximum Gasteiger partial charge on any atom is 0.305 e. The van der Waals surface area contributed by atoms with Crippen LogP contribution in [0.1, 0.15) is 77.6 Å². The van der Waals surface area contributed by atoms with Gasteiger partial charge in [0, 0.05) is 13.0 Å². The van der Waals surface area contributed by atoms with Crippen LogP contribution in [-0.2, 0) is 14.3 Å². The van der Waals surface area contributed by atoms with Crippen molar-refractivity contribution >= 4 is 11.9 Å². The molecule has 0 atom stereocenters. The Hall–Kier alpha value is -1.14. The molecule has 0 heterocycles. The highest BCUT2D eigenvalue weighted by Gasteiger charge is 2.05. The smallest absolute Gasteiger partial charge is 0.305 e. The number of unbranched alkanes of at least 4 members (excludes halogenated alkanes) is 8. The Morgan fingerprint density at radius 2 is 1.36 bits per heavy atom. The van der Waals surface area contributed by atoms with E-state index < -0.39 is 5.97 Å². The van der Waals surface area contributed by atoms with Crippen molar-refractivity contribution in [1.29, 1.82) is 0 Å². The second-order valence-corrected chi connectivity index (χ2v) is 8.78. The fraction of sp³-hybridized carbons (Fsp3) is 0.909. The van der Waals surface area contributed by atoms with Gasteiger partial charge in [0.25, 0.3) is 0 Å². The summed E-state index contributed by atoms with van der Waals surface area (Å²) in [5, 5.41) is 9.89. The summed E-state index contributed by atoms with van der Waals surface area (Å²) in [6.45, 7) is 3.86. The van der Waals surface area contributed by atoms with E-state index in [1.807, 2.05) is 14.1 Å².